The number of carbonyl (C=O) groups is 2. The molecule has 3 N–H and O–H groups in total. The lowest BCUT2D eigenvalue weighted by Crippen LogP contribution is -2.24. The van der Waals surface area contributed by atoms with E-state index in [0.29, 0.717) is 23.5 Å². The molecular formula is C13H19N3O3. The quantitative estimate of drug-likeness (QED) is 0.611. The van der Waals surface area contributed by atoms with Crippen LogP contribution in [-0.2, 0) is 9.53 Å². The molecule has 0 aliphatic carbocycles. The average Bonchev–Trinajstić information content (AvgIpc) is 2.36. The third kappa shape index (κ3) is 4.17. The van der Waals surface area contributed by atoms with Gasteiger partial charge in [0, 0.05) is 25.5 Å². The van der Waals surface area contributed by atoms with Crippen LogP contribution in [0.4, 0.5) is 11.4 Å². The molecule has 0 saturated carbocycles. The molecule has 0 heterocycles. The third-order valence-electron chi connectivity index (χ3n) is 2.41. The third-order valence-corrected chi connectivity index (χ3v) is 2.41. The number of ether oxygens (including phenoxy) is 1. The summed E-state index contributed by atoms with van der Waals surface area (Å²) in [6.07, 6.45) is 0. The molecule has 0 aliphatic heterocycles. The zero-order valence-corrected chi connectivity index (χ0v) is 11.4. The van der Waals surface area contributed by atoms with Crippen molar-refractivity contribution in [2.75, 3.05) is 38.3 Å². The number of esters is 1. The maximum Gasteiger partial charge on any atom is 0.325 e. The molecule has 0 bridgehead atoms. The fourth-order valence-corrected chi connectivity index (χ4v) is 1.51. The minimum absolute atomic E-state index is 0.00893. The van der Waals surface area contributed by atoms with E-state index in [2.05, 4.69) is 5.32 Å². The van der Waals surface area contributed by atoms with Gasteiger partial charge in [0.15, 0.2) is 0 Å². The van der Waals surface area contributed by atoms with E-state index in [1.54, 1.807) is 39.2 Å². The number of nitrogen functional groups attached to an aromatic ring is 1. The summed E-state index contributed by atoms with van der Waals surface area (Å²) < 4.78 is 4.81. The summed E-state index contributed by atoms with van der Waals surface area (Å²) in [5, 5.41) is 2.87. The number of carbonyl (C=O) groups excluding carboxylic acids is 2. The first-order chi connectivity index (χ1) is 8.95. The zero-order valence-electron chi connectivity index (χ0n) is 11.4. The molecule has 19 heavy (non-hydrogen) atoms. The molecule has 0 radical (unpaired) electrons. The fourth-order valence-electron chi connectivity index (χ4n) is 1.51. The van der Waals surface area contributed by atoms with Gasteiger partial charge in [-0.25, -0.2) is 0 Å². The minimum Gasteiger partial charge on any atom is -0.465 e. The second-order valence-electron chi connectivity index (χ2n) is 4.16. The summed E-state index contributed by atoms with van der Waals surface area (Å²) in [5.41, 5.74) is 7.18. The van der Waals surface area contributed by atoms with Gasteiger partial charge in [-0.15, -0.1) is 0 Å². The number of amides is 1. The van der Waals surface area contributed by atoms with Gasteiger partial charge in [-0.3, -0.25) is 9.59 Å². The molecule has 6 heteroatoms. The van der Waals surface area contributed by atoms with Crippen molar-refractivity contribution in [2.24, 2.45) is 0 Å². The van der Waals surface area contributed by atoms with Crippen LogP contribution in [0, 0.1) is 0 Å². The summed E-state index contributed by atoms with van der Waals surface area (Å²) in [6, 6.07) is 4.90. The Morgan fingerprint density at radius 3 is 2.63 bits per heavy atom. The van der Waals surface area contributed by atoms with E-state index in [9.17, 15) is 9.59 Å². The molecule has 0 unspecified atom stereocenters. The van der Waals surface area contributed by atoms with E-state index < -0.39 is 0 Å². The Kier molecular flexibility index (Phi) is 5.17. The Labute approximate surface area is 112 Å². The van der Waals surface area contributed by atoms with Crippen LogP contribution in [0.1, 0.15) is 17.3 Å². The Hall–Kier alpha value is -2.24. The number of anilines is 2. The maximum atomic E-state index is 12.0. The zero-order chi connectivity index (χ0) is 14.4. The van der Waals surface area contributed by atoms with Crippen LogP contribution in [0.5, 0.6) is 0 Å². The van der Waals surface area contributed by atoms with E-state index in [1.807, 2.05) is 0 Å². The van der Waals surface area contributed by atoms with E-state index in [0.717, 1.165) is 0 Å². The van der Waals surface area contributed by atoms with Gasteiger partial charge < -0.3 is 20.7 Å². The molecule has 0 aliphatic rings. The molecule has 6 nitrogen and oxygen atoms in total. The van der Waals surface area contributed by atoms with Gasteiger partial charge in [0.05, 0.1) is 12.2 Å². The van der Waals surface area contributed by atoms with Gasteiger partial charge >= 0.3 is 5.97 Å². The van der Waals surface area contributed by atoms with Crippen molar-refractivity contribution in [3.05, 3.63) is 23.8 Å². The Morgan fingerprint density at radius 1 is 1.37 bits per heavy atom. The maximum absolute atomic E-state index is 12.0. The van der Waals surface area contributed by atoms with Gasteiger partial charge in [-0.2, -0.15) is 0 Å². The summed E-state index contributed by atoms with van der Waals surface area (Å²) in [6.45, 7) is 2.05. The molecule has 0 spiro atoms. The summed E-state index contributed by atoms with van der Waals surface area (Å²) in [4.78, 5) is 24.7. The predicted molar refractivity (Wildman–Crippen MR) is 74.0 cm³/mol. The van der Waals surface area contributed by atoms with Crippen molar-refractivity contribution in [3.8, 4) is 0 Å². The first-order valence-corrected chi connectivity index (χ1v) is 5.96. The van der Waals surface area contributed by atoms with Gasteiger partial charge in [0.1, 0.15) is 6.54 Å². The van der Waals surface area contributed by atoms with Crippen LogP contribution in [-0.4, -0.2) is 44.0 Å². The number of hydrogen-bond acceptors (Lipinski definition) is 5. The first kappa shape index (κ1) is 14.8. The van der Waals surface area contributed by atoms with Crippen molar-refractivity contribution < 1.29 is 14.3 Å². The Bertz CT molecular complexity index is 472. The SMILES string of the molecule is CCOC(=O)CNc1cc(N)ccc1C(=O)N(C)C. The van der Waals surface area contributed by atoms with Crippen LogP contribution < -0.4 is 11.1 Å². The Morgan fingerprint density at radius 2 is 2.05 bits per heavy atom. The van der Waals surface area contributed by atoms with E-state index >= 15 is 0 Å². The molecule has 0 atom stereocenters. The molecule has 0 aromatic heterocycles. The van der Waals surface area contributed by atoms with Crippen molar-refractivity contribution in [1.82, 2.24) is 4.90 Å². The summed E-state index contributed by atoms with van der Waals surface area (Å²) >= 11 is 0. The van der Waals surface area contributed by atoms with Gasteiger partial charge in [-0.05, 0) is 25.1 Å². The first-order valence-electron chi connectivity index (χ1n) is 5.96. The second-order valence-corrected chi connectivity index (χ2v) is 4.16. The van der Waals surface area contributed by atoms with Crippen molar-refractivity contribution >= 4 is 23.3 Å². The molecule has 1 amide bonds. The highest BCUT2D eigenvalue weighted by Gasteiger charge is 2.14. The number of hydrogen-bond donors (Lipinski definition) is 2. The fraction of sp³-hybridized carbons (Fsp3) is 0.385. The standard InChI is InChI=1S/C13H19N3O3/c1-4-19-12(17)8-15-11-7-9(14)5-6-10(11)13(18)16(2)3/h5-7,15H,4,8,14H2,1-3H3. The second kappa shape index (κ2) is 6.63. The molecule has 0 fully saturated rings. The number of nitrogens with two attached hydrogens (primary N) is 1. The van der Waals surface area contributed by atoms with Crippen LogP contribution in [0.25, 0.3) is 0 Å². The topological polar surface area (TPSA) is 84.7 Å². The van der Waals surface area contributed by atoms with Crippen molar-refractivity contribution in [2.45, 2.75) is 6.92 Å². The molecule has 0 saturated heterocycles. The minimum atomic E-state index is -0.381. The van der Waals surface area contributed by atoms with Gasteiger partial charge in [0.25, 0.3) is 5.91 Å². The summed E-state index contributed by atoms with van der Waals surface area (Å²) in [5.74, 6) is -0.542. The molecule has 1 rings (SSSR count). The normalized spacial score (nSPS) is 9.84. The van der Waals surface area contributed by atoms with Crippen LogP contribution in [0.15, 0.2) is 18.2 Å². The van der Waals surface area contributed by atoms with Crippen molar-refractivity contribution in [3.63, 3.8) is 0 Å². The molecular weight excluding hydrogens is 246 g/mol. The largest absolute Gasteiger partial charge is 0.465 e. The van der Waals surface area contributed by atoms with Crippen LogP contribution >= 0.6 is 0 Å². The lowest BCUT2D eigenvalue weighted by molar-refractivity contribution is -0.140. The van der Waals surface area contributed by atoms with E-state index in [1.165, 1.54) is 4.90 Å². The van der Waals surface area contributed by atoms with E-state index in [4.69, 9.17) is 10.5 Å². The number of rotatable bonds is 5. The van der Waals surface area contributed by atoms with E-state index in [-0.39, 0.29) is 18.4 Å². The highest BCUT2D eigenvalue weighted by Crippen LogP contribution is 2.20. The van der Waals surface area contributed by atoms with Gasteiger partial charge in [-0.1, -0.05) is 0 Å². The predicted octanol–water partition coefficient (Wildman–Crippen LogP) is 0.946. The molecule has 1 aromatic rings. The highest BCUT2D eigenvalue weighted by molar-refractivity contribution is 6.00. The number of nitrogens with one attached hydrogen (secondary N) is 1. The van der Waals surface area contributed by atoms with Crippen LogP contribution in [0.3, 0.4) is 0 Å². The lowest BCUT2D eigenvalue weighted by Gasteiger charge is -2.15. The lowest BCUT2D eigenvalue weighted by atomic mass is 10.1. The Balaban J connectivity index is 2.89. The number of nitrogens with zero attached hydrogens (tertiary/aromatic N) is 1. The monoisotopic (exact) mass is 265 g/mol. The molecule has 104 valence electrons. The van der Waals surface area contributed by atoms with Crippen molar-refractivity contribution in [1.29, 1.82) is 0 Å². The number of benzene rings is 1. The molecule has 1 aromatic carbocycles. The smallest absolute Gasteiger partial charge is 0.325 e. The van der Waals surface area contributed by atoms with Crippen LogP contribution in [0.2, 0.25) is 0 Å². The highest BCUT2D eigenvalue weighted by atomic mass is 16.5. The summed E-state index contributed by atoms with van der Waals surface area (Å²) in [7, 11) is 3.32. The average molecular weight is 265 g/mol. The van der Waals surface area contributed by atoms with Gasteiger partial charge in [0.2, 0.25) is 0 Å².